The number of nitrogen functional groups attached to an aromatic ring is 1. The molecule has 0 fully saturated rings. The van der Waals surface area contributed by atoms with Crippen LogP contribution in [0.5, 0.6) is 0 Å². The number of hydrogen-bond acceptors (Lipinski definition) is 3. The van der Waals surface area contributed by atoms with Crippen molar-refractivity contribution in [3.63, 3.8) is 0 Å². The Hall–Kier alpha value is -1.79. The molecule has 7 heteroatoms. The van der Waals surface area contributed by atoms with E-state index in [9.17, 15) is 9.59 Å². The van der Waals surface area contributed by atoms with Gasteiger partial charge in [-0.25, -0.2) is 0 Å². The minimum Gasteiger partial charge on any atom is -0.398 e. The number of nitrogens with zero attached hydrogens (tertiary/aromatic N) is 1. The molecule has 0 aliphatic rings. The van der Waals surface area contributed by atoms with E-state index in [0.29, 0.717) is 16.4 Å². The van der Waals surface area contributed by atoms with Gasteiger partial charge < -0.3 is 15.6 Å². The zero-order valence-corrected chi connectivity index (χ0v) is 13.5. The highest BCUT2D eigenvalue weighted by molar-refractivity contribution is 9.10. The Morgan fingerprint density at radius 3 is 2.86 bits per heavy atom. The summed E-state index contributed by atoms with van der Waals surface area (Å²) in [4.78, 5) is 23.6. The molecule has 1 amide bonds. The number of anilines is 2. The molecule has 0 unspecified atom stereocenters. The third-order valence-corrected chi connectivity index (χ3v) is 3.91. The SMILES string of the molecule is Cc1cc(Br)c(NC(=O)Cn2cc(N)ccc2=O)cc1Cl. The molecule has 1 aromatic carbocycles. The molecule has 0 aliphatic heterocycles. The molecule has 0 aliphatic carbocycles. The van der Waals surface area contributed by atoms with Crippen molar-refractivity contribution < 1.29 is 4.79 Å². The van der Waals surface area contributed by atoms with E-state index < -0.39 is 0 Å². The molecule has 1 heterocycles. The molecule has 21 heavy (non-hydrogen) atoms. The second kappa shape index (κ2) is 6.32. The third kappa shape index (κ3) is 3.86. The Morgan fingerprint density at radius 2 is 2.14 bits per heavy atom. The molecular formula is C14H13BrClN3O2. The minimum atomic E-state index is -0.344. The molecular weight excluding hydrogens is 358 g/mol. The average Bonchev–Trinajstić information content (AvgIpc) is 2.40. The van der Waals surface area contributed by atoms with Crippen molar-refractivity contribution in [3.05, 3.63) is 55.9 Å². The third-order valence-electron chi connectivity index (χ3n) is 2.84. The van der Waals surface area contributed by atoms with Crippen LogP contribution in [0.4, 0.5) is 11.4 Å². The zero-order valence-electron chi connectivity index (χ0n) is 11.2. The number of carbonyl (C=O) groups is 1. The van der Waals surface area contributed by atoms with Crippen molar-refractivity contribution in [3.8, 4) is 0 Å². The van der Waals surface area contributed by atoms with Crippen molar-refractivity contribution in [1.82, 2.24) is 4.57 Å². The summed E-state index contributed by atoms with van der Waals surface area (Å²) in [5.74, 6) is -0.344. The lowest BCUT2D eigenvalue weighted by atomic mass is 10.2. The van der Waals surface area contributed by atoms with Crippen molar-refractivity contribution >= 4 is 44.8 Å². The van der Waals surface area contributed by atoms with Gasteiger partial charge in [0.25, 0.3) is 5.56 Å². The van der Waals surface area contributed by atoms with E-state index in [2.05, 4.69) is 21.2 Å². The highest BCUT2D eigenvalue weighted by Gasteiger charge is 2.09. The van der Waals surface area contributed by atoms with Gasteiger partial charge in [-0.2, -0.15) is 0 Å². The fourth-order valence-electron chi connectivity index (χ4n) is 1.76. The number of aryl methyl sites for hydroxylation is 1. The maximum absolute atomic E-state index is 12.0. The summed E-state index contributed by atoms with van der Waals surface area (Å²) in [6, 6.07) is 6.28. The van der Waals surface area contributed by atoms with Gasteiger partial charge in [0, 0.05) is 27.4 Å². The van der Waals surface area contributed by atoms with Gasteiger partial charge in [-0.1, -0.05) is 11.6 Å². The lowest BCUT2D eigenvalue weighted by molar-refractivity contribution is -0.116. The first-order valence-electron chi connectivity index (χ1n) is 6.08. The van der Waals surface area contributed by atoms with Gasteiger partial charge >= 0.3 is 0 Å². The molecule has 0 atom stereocenters. The summed E-state index contributed by atoms with van der Waals surface area (Å²) in [5, 5.41) is 3.25. The van der Waals surface area contributed by atoms with Crippen LogP contribution in [0.25, 0.3) is 0 Å². The van der Waals surface area contributed by atoms with Crippen LogP contribution in [-0.2, 0) is 11.3 Å². The number of pyridine rings is 1. The molecule has 0 bridgehead atoms. The molecule has 0 saturated heterocycles. The first-order chi connectivity index (χ1) is 9.86. The second-order valence-corrected chi connectivity index (χ2v) is 5.82. The van der Waals surface area contributed by atoms with Crippen LogP contribution in [0.2, 0.25) is 5.02 Å². The lowest BCUT2D eigenvalue weighted by Gasteiger charge is -2.11. The van der Waals surface area contributed by atoms with Gasteiger partial charge in [-0.15, -0.1) is 0 Å². The number of benzene rings is 1. The van der Waals surface area contributed by atoms with Crippen LogP contribution in [0.3, 0.4) is 0 Å². The number of halogens is 2. The van der Waals surface area contributed by atoms with E-state index in [1.165, 1.54) is 22.9 Å². The molecule has 1 aromatic heterocycles. The second-order valence-electron chi connectivity index (χ2n) is 4.56. The number of amides is 1. The fraction of sp³-hybridized carbons (Fsp3) is 0.143. The van der Waals surface area contributed by atoms with Crippen LogP contribution < -0.4 is 16.6 Å². The van der Waals surface area contributed by atoms with Gasteiger partial charge in [0.05, 0.1) is 5.69 Å². The van der Waals surface area contributed by atoms with Crippen molar-refractivity contribution in [2.45, 2.75) is 13.5 Å². The molecule has 2 aromatic rings. The van der Waals surface area contributed by atoms with Crippen LogP contribution >= 0.6 is 27.5 Å². The number of nitrogens with one attached hydrogen (secondary N) is 1. The van der Waals surface area contributed by atoms with E-state index in [0.717, 1.165) is 10.0 Å². The predicted octanol–water partition coefficient (Wildman–Crippen LogP) is 2.79. The van der Waals surface area contributed by atoms with E-state index in [4.69, 9.17) is 17.3 Å². The Morgan fingerprint density at radius 1 is 1.43 bits per heavy atom. The fourth-order valence-corrected chi connectivity index (χ4v) is 2.48. The first-order valence-corrected chi connectivity index (χ1v) is 7.25. The largest absolute Gasteiger partial charge is 0.398 e. The Kier molecular flexibility index (Phi) is 4.69. The summed E-state index contributed by atoms with van der Waals surface area (Å²) >= 11 is 9.39. The van der Waals surface area contributed by atoms with Crippen molar-refractivity contribution in [2.24, 2.45) is 0 Å². The molecule has 0 radical (unpaired) electrons. The Balaban J connectivity index is 2.17. The quantitative estimate of drug-likeness (QED) is 0.872. The highest BCUT2D eigenvalue weighted by atomic mass is 79.9. The number of rotatable bonds is 3. The van der Waals surface area contributed by atoms with E-state index in [-0.39, 0.29) is 18.0 Å². The molecule has 2 rings (SSSR count). The molecule has 3 N–H and O–H groups in total. The summed E-state index contributed by atoms with van der Waals surface area (Å²) < 4.78 is 1.96. The van der Waals surface area contributed by atoms with Gasteiger partial charge in [-0.05, 0) is 46.6 Å². The number of aromatic nitrogens is 1. The highest BCUT2D eigenvalue weighted by Crippen LogP contribution is 2.29. The number of nitrogens with two attached hydrogens (primary N) is 1. The standard InChI is InChI=1S/C14H13BrClN3O2/c1-8-4-10(15)12(5-11(8)16)18-13(20)7-19-6-9(17)2-3-14(19)21/h2-6H,7,17H2,1H3,(H,18,20). The van der Waals surface area contributed by atoms with Crippen molar-refractivity contribution in [2.75, 3.05) is 11.1 Å². The first kappa shape index (κ1) is 15.6. The van der Waals surface area contributed by atoms with Gasteiger partial charge in [0.15, 0.2) is 0 Å². The summed E-state index contributed by atoms with van der Waals surface area (Å²) in [6.45, 7) is 1.74. The normalized spacial score (nSPS) is 10.4. The Bertz CT molecular complexity index is 758. The maximum atomic E-state index is 12.0. The van der Waals surface area contributed by atoms with Crippen LogP contribution in [0.1, 0.15) is 5.56 Å². The predicted molar refractivity (Wildman–Crippen MR) is 87.6 cm³/mol. The van der Waals surface area contributed by atoms with E-state index in [1.807, 2.05) is 13.0 Å². The molecule has 0 spiro atoms. The monoisotopic (exact) mass is 369 g/mol. The summed E-state index contributed by atoms with van der Waals surface area (Å²) in [5.41, 5.74) is 7.17. The topological polar surface area (TPSA) is 77.1 Å². The molecule has 110 valence electrons. The van der Waals surface area contributed by atoms with Gasteiger partial charge in [-0.3, -0.25) is 9.59 Å². The van der Waals surface area contributed by atoms with Gasteiger partial charge in [0.1, 0.15) is 6.54 Å². The van der Waals surface area contributed by atoms with Crippen LogP contribution in [-0.4, -0.2) is 10.5 Å². The smallest absolute Gasteiger partial charge is 0.251 e. The zero-order chi connectivity index (χ0) is 15.6. The number of carbonyl (C=O) groups excluding carboxylic acids is 1. The summed E-state index contributed by atoms with van der Waals surface area (Å²) in [7, 11) is 0. The summed E-state index contributed by atoms with van der Waals surface area (Å²) in [6.07, 6.45) is 1.43. The van der Waals surface area contributed by atoms with Crippen LogP contribution in [0.15, 0.2) is 39.7 Å². The lowest BCUT2D eigenvalue weighted by Crippen LogP contribution is -2.27. The maximum Gasteiger partial charge on any atom is 0.251 e. The molecule has 5 nitrogen and oxygen atoms in total. The average molecular weight is 371 g/mol. The van der Waals surface area contributed by atoms with E-state index in [1.54, 1.807) is 6.07 Å². The number of hydrogen-bond donors (Lipinski definition) is 2. The van der Waals surface area contributed by atoms with Crippen molar-refractivity contribution in [1.29, 1.82) is 0 Å². The van der Waals surface area contributed by atoms with E-state index >= 15 is 0 Å². The van der Waals surface area contributed by atoms with Gasteiger partial charge in [0.2, 0.25) is 5.91 Å². The minimum absolute atomic E-state index is 0.123. The van der Waals surface area contributed by atoms with Crippen LogP contribution in [0, 0.1) is 6.92 Å². The Labute approximate surface area is 134 Å². The molecule has 0 saturated carbocycles.